The smallest absolute Gasteiger partial charge is 0.478 e. The van der Waals surface area contributed by atoms with Crippen molar-refractivity contribution in [3.63, 3.8) is 0 Å². The zero-order valence-electron chi connectivity index (χ0n) is 11.7. The van der Waals surface area contributed by atoms with Gasteiger partial charge in [-0.05, 0) is 39.8 Å². The number of halogens is 2. The van der Waals surface area contributed by atoms with E-state index in [-0.39, 0.29) is 5.56 Å². The minimum absolute atomic E-state index is 0.198. The molecule has 1 N–H and O–H groups in total. The molecule has 1 aromatic carbocycles. The van der Waals surface area contributed by atoms with E-state index in [1.54, 1.807) is 12.1 Å². The number of carbonyl (C=O) groups is 1. The first-order chi connectivity index (χ1) is 9.05. The van der Waals surface area contributed by atoms with Gasteiger partial charge in [-0.25, -0.2) is 4.79 Å². The summed E-state index contributed by atoms with van der Waals surface area (Å²) in [5, 5.41) is 9.05. The van der Waals surface area contributed by atoms with Crippen LogP contribution in [0.15, 0.2) is 21.1 Å². The molecule has 0 aromatic heterocycles. The molecule has 1 aliphatic heterocycles. The van der Waals surface area contributed by atoms with Crippen LogP contribution >= 0.6 is 31.9 Å². The third kappa shape index (κ3) is 2.68. The highest BCUT2D eigenvalue weighted by molar-refractivity contribution is 9.11. The molecule has 1 saturated heterocycles. The Hall–Kier alpha value is -0.365. The molecule has 1 fully saturated rings. The maximum absolute atomic E-state index is 11.0. The average Bonchev–Trinajstić information content (AvgIpc) is 2.46. The van der Waals surface area contributed by atoms with Gasteiger partial charge in [0.25, 0.3) is 0 Å². The van der Waals surface area contributed by atoms with E-state index in [1.807, 2.05) is 27.7 Å². The van der Waals surface area contributed by atoms with Crippen molar-refractivity contribution < 1.29 is 19.2 Å². The van der Waals surface area contributed by atoms with Crippen LogP contribution in [0.5, 0.6) is 0 Å². The van der Waals surface area contributed by atoms with Crippen LogP contribution < -0.4 is 5.46 Å². The molecule has 7 heteroatoms. The van der Waals surface area contributed by atoms with Gasteiger partial charge < -0.3 is 14.4 Å². The van der Waals surface area contributed by atoms with Gasteiger partial charge in [0.15, 0.2) is 0 Å². The molecule has 0 unspecified atom stereocenters. The van der Waals surface area contributed by atoms with Crippen LogP contribution in [0, 0.1) is 0 Å². The van der Waals surface area contributed by atoms with E-state index in [0.717, 1.165) is 5.46 Å². The summed E-state index contributed by atoms with van der Waals surface area (Å²) in [6, 6.07) is 3.10. The second-order valence-corrected chi connectivity index (χ2v) is 7.46. The fourth-order valence-electron chi connectivity index (χ4n) is 1.89. The van der Waals surface area contributed by atoms with Crippen LogP contribution in [0.25, 0.3) is 0 Å². The Morgan fingerprint density at radius 3 is 1.85 bits per heavy atom. The zero-order valence-corrected chi connectivity index (χ0v) is 14.8. The van der Waals surface area contributed by atoms with Gasteiger partial charge in [0.2, 0.25) is 0 Å². The van der Waals surface area contributed by atoms with Crippen LogP contribution in [-0.4, -0.2) is 29.4 Å². The van der Waals surface area contributed by atoms with E-state index in [2.05, 4.69) is 31.9 Å². The van der Waals surface area contributed by atoms with Crippen molar-refractivity contribution in [1.82, 2.24) is 0 Å². The van der Waals surface area contributed by atoms with Crippen molar-refractivity contribution in [1.29, 1.82) is 0 Å². The Labute approximate surface area is 135 Å². The molecular weight excluding hydrogens is 391 g/mol. The summed E-state index contributed by atoms with van der Waals surface area (Å²) in [7, 11) is -0.549. The molecule has 4 nitrogen and oxygen atoms in total. The zero-order chi connectivity index (χ0) is 15.3. The number of aromatic carboxylic acids is 1. The molecule has 0 saturated carbocycles. The highest BCUT2D eigenvalue weighted by atomic mass is 79.9. The minimum Gasteiger partial charge on any atom is -0.478 e. The van der Waals surface area contributed by atoms with E-state index in [0.29, 0.717) is 8.95 Å². The Balaban J connectivity index is 2.43. The first-order valence-corrected chi connectivity index (χ1v) is 7.71. The molecule has 0 bridgehead atoms. The number of carboxylic acids is 1. The number of benzene rings is 1. The topological polar surface area (TPSA) is 55.8 Å². The van der Waals surface area contributed by atoms with E-state index >= 15 is 0 Å². The maximum Gasteiger partial charge on any atom is 0.497 e. The lowest BCUT2D eigenvalue weighted by atomic mass is 9.79. The summed E-state index contributed by atoms with van der Waals surface area (Å²) in [5.41, 5.74) is 0.0713. The van der Waals surface area contributed by atoms with E-state index in [9.17, 15) is 4.79 Å². The molecule has 0 aliphatic carbocycles. The molecule has 0 spiro atoms. The summed E-state index contributed by atoms with van der Waals surface area (Å²) >= 11 is 6.80. The van der Waals surface area contributed by atoms with Crippen LogP contribution in [0.4, 0.5) is 0 Å². The van der Waals surface area contributed by atoms with Crippen molar-refractivity contribution >= 4 is 50.4 Å². The molecule has 0 radical (unpaired) electrons. The molecule has 1 aromatic rings. The molecule has 0 atom stereocenters. The molecule has 0 amide bonds. The van der Waals surface area contributed by atoms with Crippen molar-refractivity contribution in [2.45, 2.75) is 38.9 Å². The number of rotatable bonds is 2. The number of hydrogen-bond acceptors (Lipinski definition) is 3. The van der Waals surface area contributed by atoms with Gasteiger partial charge in [0, 0.05) is 14.4 Å². The lowest BCUT2D eigenvalue weighted by Gasteiger charge is -2.32. The summed E-state index contributed by atoms with van der Waals surface area (Å²) in [4.78, 5) is 11.0. The molecule has 20 heavy (non-hydrogen) atoms. The van der Waals surface area contributed by atoms with Crippen molar-refractivity contribution in [3.8, 4) is 0 Å². The van der Waals surface area contributed by atoms with Gasteiger partial charge >= 0.3 is 13.1 Å². The summed E-state index contributed by atoms with van der Waals surface area (Å²) in [5.74, 6) is -0.980. The van der Waals surface area contributed by atoms with Gasteiger partial charge in [0.05, 0.1) is 16.8 Å². The standard InChI is InChI=1S/C13H15BBr2O4/c1-12(2)13(3,4)20-14(19-12)10-8(15)5-7(11(17)18)6-9(10)16/h5-6H,1-4H3,(H,17,18). The average molecular weight is 406 g/mol. The highest BCUT2D eigenvalue weighted by Crippen LogP contribution is 2.37. The summed E-state index contributed by atoms with van der Waals surface area (Å²) in [6.45, 7) is 7.89. The Morgan fingerprint density at radius 2 is 1.50 bits per heavy atom. The lowest BCUT2D eigenvalue weighted by molar-refractivity contribution is 0.00578. The molecule has 1 aliphatic rings. The van der Waals surface area contributed by atoms with Gasteiger partial charge in [0.1, 0.15) is 0 Å². The fraction of sp³-hybridized carbons (Fsp3) is 0.462. The van der Waals surface area contributed by atoms with E-state index < -0.39 is 24.3 Å². The largest absolute Gasteiger partial charge is 0.497 e. The highest BCUT2D eigenvalue weighted by Gasteiger charge is 2.52. The van der Waals surface area contributed by atoms with Gasteiger partial charge in [-0.15, -0.1) is 0 Å². The van der Waals surface area contributed by atoms with Crippen LogP contribution in [0.3, 0.4) is 0 Å². The molecule has 1 heterocycles. The Kier molecular flexibility index (Phi) is 4.10. The SMILES string of the molecule is CC1(C)OB(c2c(Br)cc(C(=O)O)cc2Br)OC1(C)C. The first-order valence-electron chi connectivity index (χ1n) is 6.13. The summed E-state index contributed by atoms with van der Waals surface area (Å²) < 4.78 is 13.2. The summed E-state index contributed by atoms with van der Waals surface area (Å²) in [6.07, 6.45) is 0. The Morgan fingerprint density at radius 1 is 1.10 bits per heavy atom. The second-order valence-electron chi connectivity index (χ2n) is 5.75. The van der Waals surface area contributed by atoms with E-state index in [1.165, 1.54) is 0 Å². The predicted molar refractivity (Wildman–Crippen MR) is 84.5 cm³/mol. The van der Waals surface area contributed by atoms with Crippen LogP contribution in [0.1, 0.15) is 38.1 Å². The third-order valence-electron chi connectivity index (χ3n) is 3.81. The van der Waals surface area contributed by atoms with Crippen LogP contribution in [0.2, 0.25) is 0 Å². The van der Waals surface area contributed by atoms with Crippen molar-refractivity contribution in [3.05, 3.63) is 26.6 Å². The van der Waals surface area contributed by atoms with Crippen LogP contribution in [-0.2, 0) is 9.31 Å². The fourth-order valence-corrected chi connectivity index (χ4v) is 3.45. The third-order valence-corrected chi connectivity index (χ3v) is 5.13. The normalized spacial score (nSPS) is 20.2. The first kappa shape index (κ1) is 16.0. The van der Waals surface area contributed by atoms with E-state index in [4.69, 9.17) is 14.4 Å². The van der Waals surface area contributed by atoms with Gasteiger partial charge in [-0.3, -0.25) is 0 Å². The minimum atomic E-state index is -0.980. The number of carboxylic acid groups (broad SMARTS) is 1. The number of hydrogen-bond donors (Lipinski definition) is 1. The predicted octanol–water partition coefficient (Wildman–Crippen LogP) is 3.21. The Bertz CT molecular complexity index is 532. The molecule has 108 valence electrons. The monoisotopic (exact) mass is 404 g/mol. The molecular formula is C13H15BBr2O4. The van der Waals surface area contributed by atoms with Crippen molar-refractivity contribution in [2.24, 2.45) is 0 Å². The molecule has 2 rings (SSSR count). The quantitative estimate of drug-likeness (QED) is 0.768. The second kappa shape index (κ2) is 5.12. The maximum atomic E-state index is 11.0. The lowest BCUT2D eigenvalue weighted by Crippen LogP contribution is -2.41. The van der Waals surface area contributed by atoms with Crippen molar-refractivity contribution in [2.75, 3.05) is 0 Å². The van der Waals surface area contributed by atoms with Gasteiger partial charge in [-0.1, -0.05) is 31.9 Å². The van der Waals surface area contributed by atoms with Gasteiger partial charge in [-0.2, -0.15) is 0 Å².